The maximum Gasteiger partial charge on any atom is 0.311 e. The van der Waals surface area contributed by atoms with Crippen molar-refractivity contribution in [2.45, 2.75) is 19.9 Å². The molecule has 0 bridgehead atoms. The summed E-state index contributed by atoms with van der Waals surface area (Å²) in [5.74, 6) is -0.541. The summed E-state index contributed by atoms with van der Waals surface area (Å²) in [5, 5.41) is 2.76. The van der Waals surface area contributed by atoms with Crippen LogP contribution < -0.4 is 11.1 Å². The molecule has 0 spiro atoms. The molecule has 1 heterocycles. The SMILES string of the molecule is CCOC(=O)C(CNC(=O)c1coc(CN)c1)Cc1ccccc1.Cl. The topological polar surface area (TPSA) is 94.6 Å². The Morgan fingerprint density at radius 1 is 1.28 bits per heavy atom. The number of ether oxygens (including phenoxy) is 1. The first-order valence-electron chi connectivity index (χ1n) is 7.90. The van der Waals surface area contributed by atoms with Gasteiger partial charge in [0.25, 0.3) is 5.91 Å². The normalized spacial score (nSPS) is 11.3. The first-order valence-corrected chi connectivity index (χ1v) is 7.90. The lowest BCUT2D eigenvalue weighted by Gasteiger charge is -2.16. The van der Waals surface area contributed by atoms with Gasteiger partial charge in [-0.15, -0.1) is 12.4 Å². The minimum Gasteiger partial charge on any atom is -0.467 e. The molecule has 2 aromatic rings. The number of hydrogen-bond acceptors (Lipinski definition) is 5. The molecule has 0 fully saturated rings. The summed E-state index contributed by atoms with van der Waals surface area (Å²) in [6.45, 7) is 2.48. The zero-order valence-corrected chi connectivity index (χ0v) is 14.9. The molecule has 25 heavy (non-hydrogen) atoms. The lowest BCUT2D eigenvalue weighted by molar-refractivity contribution is -0.147. The van der Waals surface area contributed by atoms with Crippen molar-refractivity contribution in [2.75, 3.05) is 13.2 Å². The molecule has 1 amide bonds. The molecule has 3 N–H and O–H groups in total. The van der Waals surface area contributed by atoms with E-state index in [0.717, 1.165) is 5.56 Å². The summed E-state index contributed by atoms with van der Waals surface area (Å²) >= 11 is 0. The van der Waals surface area contributed by atoms with Crippen LogP contribution in [0.2, 0.25) is 0 Å². The van der Waals surface area contributed by atoms with E-state index in [1.54, 1.807) is 13.0 Å². The Morgan fingerprint density at radius 3 is 2.60 bits per heavy atom. The van der Waals surface area contributed by atoms with E-state index in [-0.39, 0.29) is 37.4 Å². The Labute approximate surface area is 153 Å². The number of nitrogens with one attached hydrogen (secondary N) is 1. The molecule has 1 aromatic heterocycles. The van der Waals surface area contributed by atoms with Crippen molar-refractivity contribution < 1.29 is 18.7 Å². The van der Waals surface area contributed by atoms with Crippen LogP contribution in [0.15, 0.2) is 47.1 Å². The number of halogens is 1. The number of furan rings is 1. The van der Waals surface area contributed by atoms with Gasteiger partial charge in [-0.25, -0.2) is 0 Å². The van der Waals surface area contributed by atoms with Crippen LogP contribution in [0.3, 0.4) is 0 Å². The molecule has 0 saturated carbocycles. The van der Waals surface area contributed by atoms with Crippen LogP contribution in [0.5, 0.6) is 0 Å². The summed E-state index contributed by atoms with van der Waals surface area (Å²) in [7, 11) is 0. The summed E-state index contributed by atoms with van der Waals surface area (Å²) in [6.07, 6.45) is 1.85. The van der Waals surface area contributed by atoms with E-state index >= 15 is 0 Å². The van der Waals surface area contributed by atoms with Crippen molar-refractivity contribution in [1.82, 2.24) is 5.32 Å². The lowest BCUT2D eigenvalue weighted by atomic mass is 9.99. The van der Waals surface area contributed by atoms with E-state index in [0.29, 0.717) is 24.4 Å². The van der Waals surface area contributed by atoms with Crippen LogP contribution in [-0.2, 0) is 22.5 Å². The van der Waals surface area contributed by atoms with Crippen LogP contribution in [-0.4, -0.2) is 25.0 Å². The van der Waals surface area contributed by atoms with Gasteiger partial charge < -0.3 is 20.2 Å². The molecule has 7 heteroatoms. The highest BCUT2D eigenvalue weighted by Crippen LogP contribution is 2.11. The molecule has 1 atom stereocenters. The second kappa shape index (κ2) is 10.5. The molecule has 0 aliphatic carbocycles. The van der Waals surface area contributed by atoms with E-state index < -0.39 is 5.92 Å². The highest BCUT2D eigenvalue weighted by molar-refractivity contribution is 5.94. The molecular formula is C18H23ClN2O4. The standard InChI is InChI=1S/C18H22N2O4.ClH/c1-2-23-18(22)14(8-13-6-4-3-5-7-13)11-20-17(21)15-9-16(10-19)24-12-15;/h3-7,9,12,14H,2,8,10-11,19H2,1H3,(H,20,21);1H. The van der Waals surface area contributed by atoms with Gasteiger partial charge in [0.05, 0.1) is 24.6 Å². The third-order valence-electron chi connectivity index (χ3n) is 3.57. The highest BCUT2D eigenvalue weighted by atomic mass is 35.5. The maximum absolute atomic E-state index is 12.1. The fourth-order valence-electron chi connectivity index (χ4n) is 2.32. The van der Waals surface area contributed by atoms with Gasteiger partial charge in [-0.1, -0.05) is 30.3 Å². The van der Waals surface area contributed by atoms with E-state index in [2.05, 4.69) is 5.32 Å². The summed E-state index contributed by atoms with van der Waals surface area (Å²) in [5.41, 5.74) is 6.86. The van der Waals surface area contributed by atoms with Gasteiger partial charge in [0.2, 0.25) is 0 Å². The van der Waals surface area contributed by atoms with Gasteiger partial charge in [-0.3, -0.25) is 9.59 Å². The average molecular weight is 367 g/mol. The fourth-order valence-corrected chi connectivity index (χ4v) is 2.32. The summed E-state index contributed by atoms with van der Waals surface area (Å²) in [6, 6.07) is 11.2. The highest BCUT2D eigenvalue weighted by Gasteiger charge is 2.22. The van der Waals surface area contributed by atoms with E-state index in [4.69, 9.17) is 14.9 Å². The number of benzene rings is 1. The molecule has 0 aliphatic heterocycles. The first kappa shape index (κ1) is 20.7. The molecular weight excluding hydrogens is 344 g/mol. The van der Waals surface area contributed by atoms with Crippen LogP contribution >= 0.6 is 12.4 Å². The Bertz CT molecular complexity index is 673. The van der Waals surface area contributed by atoms with Crippen molar-refractivity contribution in [3.63, 3.8) is 0 Å². The van der Waals surface area contributed by atoms with Gasteiger partial charge in [-0.05, 0) is 25.0 Å². The maximum atomic E-state index is 12.1. The van der Waals surface area contributed by atoms with Crippen LogP contribution in [0, 0.1) is 5.92 Å². The quantitative estimate of drug-likeness (QED) is 0.699. The first-order chi connectivity index (χ1) is 11.6. The van der Waals surface area contributed by atoms with E-state index in [1.165, 1.54) is 6.26 Å². The third-order valence-corrected chi connectivity index (χ3v) is 3.57. The van der Waals surface area contributed by atoms with Gasteiger partial charge in [-0.2, -0.15) is 0 Å². The van der Waals surface area contributed by atoms with Crippen molar-refractivity contribution in [3.05, 3.63) is 59.5 Å². The zero-order valence-electron chi connectivity index (χ0n) is 14.1. The minimum absolute atomic E-state index is 0. The number of carbonyl (C=O) groups excluding carboxylic acids is 2. The number of carbonyl (C=O) groups is 2. The molecule has 6 nitrogen and oxygen atoms in total. The van der Waals surface area contributed by atoms with Crippen LogP contribution in [0.4, 0.5) is 0 Å². The summed E-state index contributed by atoms with van der Waals surface area (Å²) in [4.78, 5) is 24.3. The number of hydrogen-bond donors (Lipinski definition) is 2. The third kappa shape index (κ3) is 6.25. The van der Waals surface area contributed by atoms with Gasteiger partial charge in [0.1, 0.15) is 12.0 Å². The minimum atomic E-state index is -0.447. The molecule has 1 unspecified atom stereocenters. The van der Waals surface area contributed by atoms with E-state index in [1.807, 2.05) is 30.3 Å². The second-order valence-corrected chi connectivity index (χ2v) is 5.35. The molecule has 0 radical (unpaired) electrons. The van der Waals surface area contributed by atoms with Crippen LogP contribution in [0.1, 0.15) is 28.6 Å². The predicted molar refractivity (Wildman–Crippen MR) is 96.4 cm³/mol. The average Bonchev–Trinajstić information content (AvgIpc) is 3.08. The number of nitrogens with two attached hydrogens (primary N) is 1. The van der Waals surface area contributed by atoms with Crippen molar-refractivity contribution in [3.8, 4) is 0 Å². The Balaban J connectivity index is 0.00000312. The number of esters is 1. The molecule has 1 aromatic carbocycles. The molecule has 0 saturated heterocycles. The van der Waals surface area contributed by atoms with Crippen molar-refractivity contribution in [1.29, 1.82) is 0 Å². The zero-order chi connectivity index (χ0) is 17.4. The molecule has 0 aliphatic rings. The van der Waals surface area contributed by atoms with Gasteiger partial charge in [0, 0.05) is 6.54 Å². The number of amides is 1. The van der Waals surface area contributed by atoms with Crippen LogP contribution in [0.25, 0.3) is 0 Å². The Hall–Kier alpha value is -2.31. The van der Waals surface area contributed by atoms with E-state index in [9.17, 15) is 9.59 Å². The lowest BCUT2D eigenvalue weighted by Crippen LogP contribution is -2.35. The smallest absolute Gasteiger partial charge is 0.311 e. The monoisotopic (exact) mass is 366 g/mol. The predicted octanol–water partition coefficient (Wildman–Crippen LogP) is 2.31. The molecule has 2 rings (SSSR count). The van der Waals surface area contributed by atoms with Crippen molar-refractivity contribution >= 4 is 24.3 Å². The largest absolute Gasteiger partial charge is 0.467 e. The number of rotatable bonds is 8. The fraction of sp³-hybridized carbons (Fsp3) is 0.333. The Morgan fingerprint density at radius 2 is 2.00 bits per heavy atom. The van der Waals surface area contributed by atoms with Gasteiger partial charge >= 0.3 is 5.97 Å². The van der Waals surface area contributed by atoms with Crippen molar-refractivity contribution in [2.24, 2.45) is 11.7 Å². The Kier molecular flexibility index (Phi) is 8.74. The van der Waals surface area contributed by atoms with Gasteiger partial charge in [0.15, 0.2) is 0 Å². The molecule has 136 valence electrons. The summed E-state index contributed by atoms with van der Waals surface area (Å²) < 4.78 is 10.3. The second-order valence-electron chi connectivity index (χ2n) is 5.35.